The van der Waals surface area contributed by atoms with Crippen LogP contribution in [0, 0.1) is 17.9 Å². The fourth-order valence-electron chi connectivity index (χ4n) is 5.32. The minimum atomic E-state index is 0. The molecular formula is C38H48IrNO2-. The smallest absolute Gasteiger partial charge is 0.162 e. The molecule has 42 heavy (non-hydrogen) atoms. The largest absolute Gasteiger partial charge is 0.512 e. The summed E-state index contributed by atoms with van der Waals surface area (Å²) in [6.45, 7) is 17.0. The van der Waals surface area contributed by atoms with Crippen LogP contribution in [0.1, 0.15) is 104 Å². The van der Waals surface area contributed by atoms with Crippen LogP contribution in [0.2, 0.25) is 0 Å². The molecule has 1 N–H and O–H groups in total. The number of aliphatic hydroxyl groups excluding tert-OH is 1. The molecule has 3 nitrogen and oxygen atoms in total. The van der Waals surface area contributed by atoms with E-state index in [-0.39, 0.29) is 43.5 Å². The SMILES string of the molecule is CC(C)c1[c-]c(-c2nccc3c2ccc2ccccc23)cc(C(C)C)c1.CCC(CC)C(=O)/C=C(\O)C(CC)CC.[Ir]. The third-order valence-corrected chi connectivity index (χ3v) is 8.21. The van der Waals surface area contributed by atoms with Gasteiger partial charge in [-0.25, -0.2) is 0 Å². The van der Waals surface area contributed by atoms with Gasteiger partial charge in [0.25, 0.3) is 0 Å². The van der Waals surface area contributed by atoms with Crippen LogP contribution in [-0.2, 0) is 24.9 Å². The summed E-state index contributed by atoms with van der Waals surface area (Å²) in [4.78, 5) is 16.5. The quantitative estimate of drug-likeness (QED) is 0.0762. The number of nitrogens with zero attached hydrogens (tertiary/aromatic N) is 1. The van der Waals surface area contributed by atoms with Crippen LogP contribution < -0.4 is 0 Å². The molecule has 227 valence electrons. The van der Waals surface area contributed by atoms with Crippen LogP contribution in [0.5, 0.6) is 0 Å². The average molecular weight is 743 g/mol. The fourth-order valence-corrected chi connectivity index (χ4v) is 5.32. The van der Waals surface area contributed by atoms with E-state index in [2.05, 4.69) is 88.4 Å². The van der Waals surface area contributed by atoms with Crippen molar-refractivity contribution in [2.45, 2.75) is 92.9 Å². The molecule has 0 fully saturated rings. The molecule has 0 bridgehead atoms. The summed E-state index contributed by atoms with van der Waals surface area (Å²) in [5.74, 6) is 1.48. The van der Waals surface area contributed by atoms with Crippen LogP contribution in [0.3, 0.4) is 0 Å². The Labute approximate surface area is 267 Å². The number of pyridine rings is 1. The number of fused-ring (bicyclic) bond motifs is 3. The number of ketones is 1. The Morgan fingerprint density at radius 2 is 1.45 bits per heavy atom. The minimum absolute atomic E-state index is 0. The summed E-state index contributed by atoms with van der Waals surface area (Å²) in [5, 5.41) is 14.7. The van der Waals surface area contributed by atoms with E-state index in [1.165, 1.54) is 38.7 Å². The standard InChI is InChI=1S/C25H24N.C13H24O2.Ir/c1-16(2)19-13-20(17(3)4)15-21(14-19)25-24-10-9-18-7-5-6-8-22(18)23(24)11-12-26-25;1-5-10(6-2)12(14)9-13(15)11(7-3)8-4;/h5-14,16-17H,1-4H3;9-11,14H,5-8H2,1-4H3;/q-1;;/b;12-9-;. The Morgan fingerprint density at radius 1 is 0.810 bits per heavy atom. The fraction of sp³-hybridized carbons (Fsp3) is 0.421. The summed E-state index contributed by atoms with van der Waals surface area (Å²) >= 11 is 0. The molecule has 3 aromatic carbocycles. The van der Waals surface area contributed by atoms with E-state index >= 15 is 0 Å². The van der Waals surface area contributed by atoms with Gasteiger partial charge in [-0.05, 0) is 70.8 Å². The van der Waals surface area contributed by atoms with E-state index in [4.69, 9.17) is 4.98 Å². The predicted molar refractivity (Wildman–Crippen MR) is 176 cm³/mol. The maximum atomic E-state index is 11.7. The van der Waals surface area contributed by atoms with Crippen LogP contribution in [0.15, 0.2) is 72.6 Å². The van der Waals surface area contributed by atoms with Crippen molar-refractivity contribution in [2.75, 3.05) is 0 Å². The number of benzene rings is 3. The van der Waals surface area contributed by atoms with Crippen LogP contribution >= 0.6 is 0 Å². The number of hydrogen-bond donors (Lipinski definition) is 1. The first-order valence-electron chi connectivity index (χ1n) is 15.4. The molecule has 0 saturated carbocycles. The Balaban J connectivity index is 0.000000334. The summed E-state index contributed by atoms with van der Waals surface area (Å²) in [6, 6.07) is 23.2. The first-order valence-corrected chi connectivity index (χ1v) is 15.4. The molecule has 0 unspecified atom stereocenters. The van der Waals surface area contributed by atoms with Crippen molar-refractivity contribution in [3.63, 3.8) is 0 Å². The zero-order chi connectivity index (χ0) is 30.1. The number of aliphatic hydroxyl groups is 1. The van der Waals surface area contributed by atoms with E-state index < -0.39 is 0 Å². The molecule has 0 amide bonds. The summed E-state index contributed by atoms with van der Waals surface area (Å²) in [5.41, 5.74) is 4.73. The molecule has 0 aliphatic rings. The van der Waals surface area contributed by atoms with Crippen molar-refractivity contribution < 1.29 is 30.0 Å². The predicted octanol–water partition coefficient (Wildman–Crippen LogP) is 11.0. The molecule has 1 radical (unpaired) electrons. The molecule has 1 aromatic heterocycles. The van der Waals surface area contributed by atoms with Crippen LogP contribution in [0.4, 0.5) is 0 Å². The normalized spacial score (nSPS) is 11.8. The number of carbonyl (C=O) groups is 1. The van der Waals surface area contributed by atoms with Crippen LogP contribution in [0.25, 0.3) is 32.8 Å². The van der Waals surface area contributed by atoms with E-state index in [1.54, 1.807) is 0 Å². The zero-order valence-corrected chi connectivity index (χ0v) is 29.0. The van der Waals surface area contributed by atoms with Gasteiger partial charge in [-0.3, -0.25) is 4.79 Å². The van der Waals surface area contributed by atoms with Crippen molar-refractivity contribution >= 4 is 27.3 Å². The maximum absolute atomic E-state index is 11.7. The number of carbonyl (C=O) groups excluding carboxylic acids is 1. The van der Waals surface area contributed by atoms with E-state index in [0.717, 1.165) is 36.9 Å². The van der Waals surface area contributed by atoms with Gasteiger partial charge in [0.15, 0.2) is 5.78 Å². The molecule has 0 aliphatic carbocycles. The topological polar surface area (TPSA) is 50.2 Å². The second kappa shape index (κ2) is 16.7. The minimum Gasteiger partial charge on any atom is -0.512 e. The monoisotopic (exact) mass is 743 g/mol. The van der Waals surface area contributed by atoms with Gasteiger partial charge >= 0.3 is 0 Å². The molecule has 0 aliphatic heterocycles. The molecule has 4 rings (SSSR count). The summed E-state index contributed by atoms with van der Waals surface area (Å²) in [7, 11) is 0. The van der Waals surface area contributed by atoms with E-state index in [1.807, 2.05) is 33.9 Å². The number of hydrogen-bond acceptors (Lipinski definition) is 3. The van der Waals surface area contributed by atoms with Crippen LogP contribution in [-0.4, -0.2) is 15.9 Å². The van der Waals surface area contributed by atoms with Crippen molar-refractivity contribution in [3.8, 4) is 11.3 Å². The molecule has 4 heteroatoms. The third kappa shape index (κ3) is 8.62. The molecule has 0 saturated heterocycles. The molecule has 4 aromatic rings. The van der Waals surface area contributed by atoms with Gasteiger partial charge in [-0.15, -0.1) is 34.9 Å². The second-order valence-corrected chi connectivity index (χ2v) is 11.6. The molecule has 0 atom stereocenters. The first-order chi connectivity index (χ1) is 19.6. The van der Waals surface area contributed by atoms with Gasteiger partial charge in [-0.1, -0.05) is 91.8 Å². The first kappa shape index (κ1) is 35.4. The Morgan fingerprint density at radius 3 is 2.05 bits per heavy atom. The average Bonchev–Trinajstić information content (AvgIpc) is 2.98. The number of aromatic nitrogens is 1. The Kier molecular flexibility index (Phi) is 14.1. The zero-order valence-electron chi connectivity index (χ0n) is 26.6. The van der Waals surface area contributed by atoms with Crippen molar-refractivity contribution in [3.05, 3.63) is 89.8 Å². The van der Waals surface area contributed by atoms with Gasteiger partial charge in [0, 0.05) is 44.2 Å². The van der Waals surface area contributed by atoms with Gasteiger partial charge in [0.1, 0.15) is 0 Å². The third-order valence-electron chi connectivity index (χ3n) is 8.21. The van der Waals surface area contributed by atoms with Gasteiger partial charge in [-0.2, -0.15) is 0 Å². The molecule has 0 spiro atoms. The van der Waals surface area contributed by atoms with Crippen molar-refractivity contribution in [1.82, 2.24) is 4.98 Å². The Hall–Kier alpha value is -2.81. The second-order valence-electron chi connectivity index (χ2n) is 11.6. The van der Waals surface area contributed by atoms with Gasteiger partial charge < -0.3 is 10.1 Å². The van der Waals surface area contributed by atoms with E-state index in [0.29, 0.717) is 11.8 Å². The number of allylic oxidation sites excluding steroid dienone is 2. The summed E-state index contributed by atoms with van der Waals surface area (Å²) < 4.78 is 0. The molecule has 1 heterocycles. The van der Waals surface area contributed by atoms with Gasteiger partial charge in [0.2, 0.25) is 0 Å². The summed E-state index contributed by atoms with van der Waals surface area (Å²) in [6.07, 6.45) is 6.83. The maximum Gasteiger partial charge on any atom is 0.162 e. The van der Waals surface area contributed by atoms with Crippen molar-refractivity contribution in [1.29, 1.82) is 0 Å². The van der Waals surface area contributed by atoms with Gasteiger partial charge in [0.05, 0.1) is 5.76 Å². The molecular weight excluding hydrogens is 695 g/mol. The van der Waals surface area contributed by atoms with Crippen molar-refractivity contribution in [2.24, 2.45) is 11.8 Å². The van der Waals surface area contributed by atoms with E-state index in [9.17, 15) is 9.90 Å². The Bertz CT molecular complexity index is 1450. The number of rotatable bonds is 10.